The molecule has 0 saturated carbocycles. The number of benzene rings is 1. The molecule has 0 spiro atoms. The fourth-order valence-electron chi connectivity index (χ4n) is 1.83. The zero-order valence-corrected chi connectivity index (χ0v) is 13.5. The summed E-state index contributed by atoms with van der Waals surface area (Å²) in [5.41, 5.74) is 1.06. The zero-order chi connectivity index (χ0) is 15.2. The molecule has 0 radical (unpaired) electrons. The van der Waals surface area contributed by atoms with Crippen LogP contribution in [0, 0.1) is 0 Å². The van der Waals surface area contributed by atoms with Crippen LogP contribution in [0.4, 0.5) is 0 Å². The Morgan fingerprint density at radius 3 is 2.30 bits per heavy atom. The number of rotatable bonds is 8. The van der Waals surface area contributed by atoms with Crippen LogP contribution in [0.2, 0.25) is 0 Å². The third-order valence-corrected chi connectivity index (χ3v) is 4.59. The highest BCUT2D eigenvalue weighted by atomic mass is 32.2. The average molecular weight is 299 g/mol. The fraction of sp³-hybridized carbons (Fsp3) is 0.571. The van der Waals surface area contributed by atoms with Crippen molar-refractivity contribution in [2.75, 3.05) is 27.7 Å². The van der Waals surface area contributed by atoms with Crippen LogP contribution < -0.4 is 10.0 Å². The summed E-state index contributed by atoms with van der Waals surface area (Å²) in [7, 11) is 2.38. The molecular formula is C14H25N3O2S. The van der Waals surface area contributed by atoms with Crippen molar-refractivity contribution in [1.82, 2.24) is 14.9 Å². The van der Waals surface area contributed by atoms with E-state index in [9.17, 15) is 8.42 Å². The molecule has 0 aliphatic rings. The van der Waals surface area contributed by atoms with Crippen molar-refractivity contribution in [3.05, 3.63) is 29.8 Å². The van der Waals surface area contributed by atoms with Gasteiger partial charge in [0.15, 0.2) is 0 Å². The van der Waals surface area contributed by atoms with Crippen molar-refractivity contribution < 1.29 is 8.42 Å². The van der Waals surface area contributed by atoms with Crippen molar-refractivity contribution in [2.24, 2.45) is 0 Å². The molecular weight excluding hydrogens is 274 g/mol. The Balaban J connectivity index is 2.68. The summed E-state index contributed by atoms with van der Waals surface area (Å²) in [4.78, 5) is 2.35. The summed E-state index contributed by atoms with van der Waals surface area (Å²) < 4.78 is 27.1. The van der Waals surface area contributed by atoms with Crippen LogP contribution >= 0.6 is 0 Å². The molecule has 0 bridgehead atoms. The van der Waals surface area contributed by atoms with E-state index in [1.807, 2.05) is 45.1 Å². The highest BCUT2D eigenvalue weighted by Crippen LogP contribution is 2.11. The molecule has 0 aliphatic carbocycles. The molecule has 5 nitrogen and oxygen atoms in total. The SMILES string of the molecule is CNCc1ccc(S(=O)(=O)NC(C)CCN(C)C)cc1. The van der Waals surface area contributed by atoms with Crippen LogP contribution in [0.15, 0.2) is 29.2 Å². The molecule has 1 unspecified atom stereocenters. The van der Waals surface area contributed by atoms with Crippen molar-refractivity contribution in [3.8, 4) is 0 Å². The molecule has 0 amide bonds. The molecule has 2 N–H and O–H groups in total. The van der Waals surface area contributed by atoms with Crippen molar-refractivity contribution >= 4 is 10.0 Å². The maximum Gasteiger partial charge on any atom is 0.240 e. The Morgan fingerprint density at radius 2 is 1.80 bits per heavy atom. The molecule has 0 fully saturated rings. The number of hydrogen-bond donors (Lipinski definition) is 2. The second-order valence-corrected chi connectivity index (χ2v) is 7.00. The smallest absolute Gasteiger partial charge is 0.240 e. The van der Waals surface area contributed by atoms with Gasteiger partial charge < -0.3 is 10.2 Å². The first kappa shape index (κ1) is 17.1. The fourth-order valence-corrected chi connectivity index (χ4v) is 3.11. The lowest BCUT2D eigenvalue weighted by Crippen LogP contribution is -2.34. The van der Waals surface area contributed by atoms with E-state index >= 15 is 0 Å². The topological polar surface area (TPSA) is 61.4 Å². The van der Waals surface area contributed by atoms with E-state index in [0.29, 0.717) is 4.90 Å². The first-order valence-corrected chi connectivity index (χ1v) is 8.24. The Labute approximate surface area is 122 Å². The van der Waals surface area contributed by atoms with Crippen LogP contribution in [0.3, 0.4) is 0 Å². The van der Waals surface area contributed by atoms with E-state index < -0.39 is 10.0 Å². The quantitative estimate of drug-likeness (QED) is 0.752. The molecule has 1 aromatic carbocycles. The minimum absolute atomic E-state index is 0.0839. The zero-order valence-electron chi connectivity index (χ0n) is 12.7. The Hall–Kier alpha value is -0.950. The highest BCUT2D eigenvalue weighted by Gasteiger charge is 2.17. The Morgan fingerprint density at radius 1 is 1.20 bits per heavy atom. The van der Waals surface area contributed by atoms with Gasteiger partial charge >= 0.3 is 0 Å². The van der Waals surface area contributed by atoms with Gasteiger partial charge in [-0.3, -0.25) is 0 Å². The second kappa shape index (κ2) is 7.73. The van der Waals surface area contributed by atoms with Crippen LogP contribution in [0.5, 0.6) is 0 Å². The summed E-state index contributed by atoms with van der Waals surface area (Å²) in [6, 6.07) is 6.87. The van der Waals surface area contributed by atoms with Gasteiger partial charge in [-0.25, -0.2) is 13.1 Å². The van der Waals surface area contributed by atoms with E-state index in [1.54, 1.807) is 12.1 Å². The summed E-state index contributed by atoms with van der Waals surface area (Å²) in [6.07, 6.45) is 0.782. The molecule has 6 heteroatoms. The maximum atomic E-state index is 12.2. The summed E-state index contributed by atoms with van der Waals surface area (Å²) in [5, 5.41) is 3.03. The van der Waals surface area contributed by atoms with E-state index in [0.717, 1.165) is 25.1 Å². The lowest BCUT2D eigenvalue weighted by atomic mass is 10.2. The van der Waals surface area contributed by atoms with E-state index in [4.69, 9.17) is 0 Å². The van der Waals surface area contributed by atoms with Crippen LogP contribution in [0.1, 0.15) is 18.9 Å². The van der Waals surface area contributed by atoms with E-state index in [-0.39, 0.29) is 6.04 Å². The monoisotopic (exact) mass is 299 g/mol. The normalized spacial score (nSPS) is 13.7. The molecule has 0 aromatic heterocycles. The van der Waals surface area contributed by atoms with Gasteiger partial charge in [0.05, 0.1) is 4.90 Å². The van der Waals surface area contributed by atoms with Gasteiger partial charge in [-0.15, -0.1) is 0 Å². The molecule has 1 rings (SSSR count). The number of nitrogens with zero attached hydrogens (tertiary/aromatic N) is 1. The predicted octanol–water partition coefficient (Wildman–Crippen LogP) is 1.02. The lowest BCUT2D eigenvalue weighted by Gasteiger charge is -2.17. The number of nitrogens with one attached hydrogen (secondary N) is 2. The molecule has 1 atom stereocenters. The maximum absolute atomic E-state index is 12.2. The standard InChI is InChI=1S/C14H25N3O2S/c1-12(9-10-17(3)4)16-20(18,19)14-7-5-13(6-8-14)11-15-2/h5-8,12,15-16H,9-11H2,1-4H3. The lowest BCUT2D eigenvalue weighted by molar-refractivity contribution is 0.379. The van der Waals surface area contributed by atoms with Gasteiger partial charge in [-0.05, 0) is 58.7 Å². The third kappa shape index (κ3) is 5.58. The van der Waals surface area contributed by atoms with Gasteiger partial charge in [-0.1, -0.05) is 12.1 Å². The predicted molar refractivity (Wildman–Crippen MR) is 82.2 cm³/mol. The minimum atomic E-state index is -3.43. The van der Waals surface area contributed by atoms with Gasteiger partial charge in [0, 0.05) is 12.6 Å². The minimum Gasteiger partial charge on any atom is -0.316 e. The van der Waals surface area contributed by atoms with Crippen LogP contribution in [0.25, 0.3) is 0 Å². The van der Waals surface area contributed by atoms with Crippen molar-refractivity contribution in [1.29, 1.82) is 0 Å². The highest BCUT2D eigenvalue weighted by molar-refractivity contribution is 7.89. The second-order valence-electron chi connectivity index (χ2n) is 5.29. The third-order valence-electron chi connectivity index (χ3n) is 2.98. The Bertz CT molecular complexity index is 498. The molecule has 1 aromatic rings. The average Bonchev–Trinajstić information content (AvgIpc) is 2.37. The number of sulfonamides is 1. The summed E-state index contributed by atoms with van der Waals surface area (Å²) >= 11 is 0. The molecule has 114 valence electrons. The molecule has 0 aliphatic heterocycles. The van der Waals surface area contributed by atoms with Gasteiger partial charge in [0.25, 0.3) is 0 Å². The van der Waals surface area contributed by atoms with Crippen LogP contribution in [-0.2, 0) is 16.6 Å². The molecule has 20 heavy (non-hydrogen) atoms. The van der Waals surface area contributed by atoms with Crippen molar-refractivity contribution in [3.63, 3.8) is 0 Å². The number of hydrogen-bond acceptors (Lipinski definition) is 4. The van der Waals surface area contributed by atoms with Gasteiger partial charge in [0.2, 0.25) is 10.0 Å². The first-order chi connectivity index (χ1) is 9.35. The van der Waals surface area contributed by atoms with E-state index in [1.165, 1.54) is 0 Å². The van der Waals surface area contributed by atoms with Crippen LogP contribution in [-0.4, -0.2) is 47.0 Å². The van der Waals surface area contributed by atoms with E-state index in [2.05, 4.69) is 10.0 Å². The van der Waals surface area contributed by atoms with Gasteiger partial charge in [-0.2, -0.15) is 0 Å². The molecule has 0 heterocycles. The first-order valence-electron chi connectivity index (χ1n) is 6.75. The Kier molecular flexibility index (Phi) is 6.61. The van der Waals surface area contributed by atoms with Gasteiger partial charge in [0.1, 0.15) is 0 Å². The summed E-state index contributed by atoms with van der Waals surface area (Å²) in [6.45, 7) is 3.47. The molecule has 0 saturated heterocycles. The largest absolute Gasteiger partial charge is 0.316 e. The van der Waals surface area contributed by atoms with Crippen molar-refractivity contribution in [2.45, 2.75) is 30.8 Å². The summed E-state index contributed by atoms with van der Waals surface area (Å²) in [5.74, 6) is 0.